The van der Waals surface area contributed by atoms with Crippen molar-refractivity contribution < 1.29 is 28.8 Å². The summed E-state index contributed by atoms with van der Waals surface area (Å²) in [4.78, 5) is 23.2. The number of nitro benzene ring substituents is 2. The molecular weight excluding hydrogens is 709 g/mol. The van der Waals surface area contributed by atoms with Gasteiger partial charge in [-0.1, -0.05) is 127 Å². The summed E-state index contributed by atoms with van der Waals surface area (Å²) in [5.74, 6) is 1.19. The van der Waals surface area contributed by atoms with E-state index in [0.29, 0.717) is 17.1 Å². The third kappa shape index (κ3) is 7.53. The van der Waals surface area contributed by atoms with Crippen LogP contribution in [-0.2, 0) is 13.2 Å². The van der Waals surface area contributed by atoms with Gasteiger partial charge in [0.05, 0.1) is 9.85 Å². The van der Waals surface area contributed by atoms with Crippen molar-refractivity contribution in [3.63, 3.8) is 0 Å². The van der Waals surface area contributed by atoms with Gasteiger partial charge in [-0.25, -0.2) is 0 Å². The second-order valence-corrected chi connectivity index (χ2v) is 12.9. The van der Waals surface area contributed by atoms with E-state index >= 15 is 0 Å². The fourth-order valence-corrected chi connectivity index (χ4v) is 6.56. The van der Waals surface area contributed by atoms with E-state index in [9.17, 15) is 20.2 Å². The highest BCUT2D eigenvalue weighted by Gasteiger charge is 2.24. The van der Waals surface area contributed by atoms with E-state index in [0.717, 1.165) is 38.2 Å². The van der Waals surface area contributed by atoms with Crippen LogP contribution < -0.4 is 18.9 Å². The van der Waals surface area contributed by atoms with E-state index in [1.165, 1.54) is 36.4 Å². The highest BCUT2D eigenvalue weighted by Crippen LogP contribution is 2.50. The van der Waals surface area contributed by atoms with E-state index in [1.807, 2.05) is 133 Å². The van der Waals surface area contributed by atoms with Crippen LogP contribution in [0.1, 0.15) is 11.1 Å². The van der Waals surface area contributed by atoms with Crippen LogP contribution in [0.4, 0.5) is 11.4 Å². The van der Waals surface area contributed by atoms with Gasteiger partial charge in [0.1, 0.15) is 24.7 Å². The minimum Gasteiger partial charge on any atom is -0.482 e. The van der Waals surface area contributed by atoms with Gasteiger partial charge in [-0.3, -0.25) is 20.2 Å². The molecule has 0 radical (unpaired) electrons. The average molecular weight is 741 g/mol. The number of nitrogens with zero attached hydrogens (tertiary/aromatic N) is 2. The first-order valence-electron chi connectivity index (χ1n) is 17.7. The zero-order valence-corrected chi connectivity index (χ0v) is 29.7. The Labute approximate surface area is 321 Å². The summed E-state index contributed by atoms with van der Waals surface area (Å²) >= 11 is 0. The second kappa shape index (κ2) is 15.7. The fourth-order valence-electron chi connectivity index (χ4n) is 6.56. The van der Waals surface area contributed by atoms with Crippen LogP contribution in [0, 0.1) is 20.2 Å². The Morgan fingerprint density at radius 3 is 1.54 bits per heavy atom. The van der Waals surface area contributed by atoms with Crippen molar-refractivity contribution in [1.29, 1.82) is 0 Å². The third-order valence-electron chi connectivity index (χ3n) is 9.20. The van der Waals surface area contributed by atoms with Crippen molar-refractivity contribution in [3.8, 4) is 45.6 Å². The van der Waals surface area contributed by atoms with Crippen LogP contribution in [0.5, 0.6) is 34.5 Å². The van der Waals surface area contributed by atoms with Crippen molar-refractivity contribution in [3.05, 3.63) is 201 Å². The number of benzene rings is 8. The Morgan fingerprint density at radius 2 is 0.946 bits per heavy atom. The van der Waals surface area contributed by atoms with Gasteiger partial charge in [0.2, 0.25) is 11.5 Å². The summed E-state index contributed by atoms with van der Waals surface area (Å²) in [5, 5.41) is 27.8. The molecule has 0 atom stereocenters. The van der Waals surface area contributed by atoms with Gasteiger partial charge in [-0.2, -0.15) is 0 Å². The van der Waals surface area contributed by atoms with Crippen molar-refractivity contribution in [2.45, 2.75) is 13.2 Å². The van der Waals surface area contributed by atoms with Gasteiger partial charge in [-0.15, -0.1) is 0 Å². The molecule has 0 aromatic heterocycles. The summed E-state index contributed by atoms with van der Waals surface area (Å²) < 4.78 is 25.4. The van der Waals surface area contributed by atoms with Crippen LogP contribution in [0.25, 0.3) is 32.7 Å². The number of nitro groups is 2. The van der Waals surface area contributed by atoms with E-state index in [-0.39, 0.29) is 47.6 Å². The summed E-state index contributed by atoms with van der Waals surface area (Å²) in [5.41, 5.74) is 2.82. The van der Waals surface area contributed by atoms with E-state index in [1.54, 1.807) is 0 Å². The zero-order chi connectivity index (χ0) is 38.4. The molecule has 0 fully saturated rings. The molecule has 0 aliphatic rings. The Balaban J connectivity index is 1.28. The predicted octanol–water partition coefficient (Wildman–Crippen LogP) is 12.2. The van der Waals surface area contributed by atoms with E-state index in [2.05, 4.69) is 0 Å². The number of hydrogen-bond acceptors (Lipinski definition) is 8. The smallest absolute Gasteiger partial charge is 0.311 e. The molecule has 8 aromatic rings. The fraction of sp³-hybridized carbons (Fsp3) is 0.0435. The lowest BCUT2D eigenvalue weighted by molar-refractivity contribution is -0.386. The normalized spacial score (nSPS) is 10.9. The maximum absolute atomic E-state index is 12.1. The molecule has 0 bridgehead atoms. The molecule has 0 saturated carbocycles. The number of fused-ring (bicyclic) bond motifs is 2. The van der Waals surface area contributed by atoms with Crippen LogP contribution >= 0.6 is 0 Å². The molecule has 0 spiro atoms. The zero-order valence-electron chi connectivity index (χ0n) is 29.7. The van der Waals surface area contributed by atoms with Crippen molar-refractivity contribution in [2.75, 3.05) is 0 Å². The lowest BCUT2D eigenvalue weighted by atomic mass is 9.92. The van der Waals surface area contributed by atoms with Gasteiger partial charge in [0, 0.05) is 29.8 Å². The quantitative estimate of drug-likeness (QED) is 0.0845. The number of rotatable bonds is 13. The SMILES string of the molecule is O=[N+]([O-])c1ccc(Oc2cc3ccccc3c(-c3cccc4ccccc34)c2Oc2ccc([N+](=O)[O-])c(OCc3ccccc3)c2)cc1OCc1ccccc1. The van der Waals surface area contributed by atoms with Gasteiger partial charge in [0.25, 0.3) is 0 Å². The van der Waals surface area contributed by atoms with Gasteiger partial charge < -0.3 is 18.9 Å². The van der Waals surface area contributed by atoms with Crippen LogP contribution in [0.2, 0.25) is 0 Å². The Hall–Kier alpha value is -7.72. The second-order valence-electron chi connectivity index (χ2n) is 12.9. The Morgan fingerprint density at radius 1 is 0.446 bits per heavy atom. The molecule has 0 saturated heterocycles. The highest BCUT2D eigenvalue weighted by molar-refractivity contribution is 6.09. The minimum atomic E-state index is -0.501. The largest absolute Gasteiger partial charge is 0.482 e. The molecule has 56 heavy (non-hydrogen) atoms. The third-order valence-corrected chi connectivity index (χ3v) is 9.20. The molecule has 0 N–H and O–H groups in total. The standard InChI is InChI=1S/C46H32N2O8/c49-47(50)40-24-22-35(27-42(40)53-29-31-12-3-1-4-13-31)55-44-26-34-17-8-10-20-38(34)45(39-21-11-18-33-16-7-9-19-37(33)39)46(44)56-36-23-25-41(48(51)52)43(28-36)54-30-32-14-5-2-6-15-32/h1-28H,29-30H2. The molecule has 0 amide bonds. The lowest BCUT2D eigenvalue weighted by Gasteiger charge is -2.20. The molecule has 274 valence electrons. The van der Waals surface area contributed by atoms with Crippen LogP contribution in [0.15, 0.2) is 170 Å². The first kappa shape index (κ1) is 35.3. The van der Waals surface area contributed by atoms with Crippen LogP contribution in [-0.4, -0.2) is 9.85 Å². The molecule has 8 aromatic carbocycles. The van der Waals surface area contributed by atoms with Gasteiger partial charge >= 0.3 is 11.4 Å². The van der Waals surface area contributed by atoms with E-state index < -0.39 is 9.85 Å². The Kier molecular flexibility index (Phi) is 9.91. The molecule has 10 heteroatoms. The highest BCUT2D eigenvalue weighted by atomic mass is 16.6. The summed E-state index contributed by atoms with van der Waals surface area (Å²) in [6.07, 6.45) is 0. The molecule has 10 nitrogen and oxygen atoms in total. The number of hydrogen-bond donors (Lipinski definition) is 0. The predicted molar refractivity (Wildman–Crippen MR) is 215 cm³/mol. The topological polar surface area (TPSA) is 123 Å². The maximum atomic E-state index is 12.1. The van der Waals surface area contributed by atoms with Crippen LogP contribution in [0.3, 0.4) is 0 Å². The maximum Gasteiger partial charge on any atom is 0.311 e. The van der Waals surface area contributed by atoms with Crippen molar-refractivity contribution in [1.82, 2.24) is 0 Å². The van der Waals surface area contributed by atoms with Gasteiger partial charge in [0.15, 0.2) is 11.5 Å². The summed E-state index contributed by atoms with van der Waals surface area (Å²) in [7, 11) is 0. The summed E-state index contributed by atoms with van der Waals surface area (Å²) in [6, 6.07) is 51.1. The first-order chi connectivity index (χ1) is 27.4. The van der Waals surface area contributed by atoms with E-state index in [4.69, 9.17) is 18.9 Å². The van der Waals surface area contributed by atoms with Gasteiger partial charge in [-0.05, 0) is 56.4 Å². The van der Waals surface area contributed by atoms with Crippen molar-refractivity contribution >= 4 is 32.9 Å². The minimum absolute atomic E-state index is 0.0295. The lowest BCUT2D eigenvalue weighted by Crippen LogP contribution is -2.01. The average Bonchev–Trinajstić information content (AvgIpc) is 3.23. The molecule has 0 aliphatic heterocycles. The van der Waals surface area contributed by atoms with Crippen molar-refractivity contribution in [2.24, 2.45) is 0 Å². The Bertz CT molecular complexity index is 2710. The monoisotopic (exact) mass is 740 g/mol. The molecule has 8 rings (SSSR count). The molecule has 0 heterocycles. The first-order valence-corrected chi connectivity index (χ1v) is 17.7. The molecule has 0 aliphatic carbocycles. The summed E-state index contributed by atoms with van der Waals surface area (Å²) in [6.45, 7) is 0.209. The number of ether oxygens (including phenoxy) is 4. The molecular formula is C46H32N2O8. The molecule has 0 unspecified atom stereocenters.